The van der Waals surface area contributed by atoms with Gasteiger partial charge in [0.15, 0.2) is 6.61 Å². The van der Waals surface area contributed by atoms with Gasteiger partial charge in [0.2, 0.25) is 0 Å². The van der Waals surface area contributed by atoms with Crippen LogP contribution in [0, 0.1) is 41.5 Å². The van der Waals surface area contributed by atoms with Gasteiger partial charge in [-0.05, 0) is 75.2 Å². The largest absolute Gasteiger partial charge is 0.439 e. The van der Waals surface area contributed by atoms with Crippen molar-refractivity contribution in [3.63, 3.8) is 0 Å². The highest BCUT2D eigenvalue weighted by atomic mass is 19.1. The number of halogens is 1. The number of carbonyl (C=O) groups is 2. The van der Waals surface area contributed by atoms with Crippen LogP contribution in [-0.4, -0.2) is 67.2 Å². The van der Waals surface area contributed by atoms with E-state index >= 15 is 0 Å². The number of hydrogen-bond acceptors (Lipinski definition) is 6. The fourth-order valence-corrected chi connectivity index (χ4v) is 7.74. The van der Waals surface area contributed by atoms with Gasteiger partial charge in [0, 0.05) is 42.7 Å². The van der Waals surface area contributed by atoms with Crippen molar-refractivity contribution in [2.75, 3.05) is 44.2 Å². The summed E-state index contributed by atoms with van der Waals surface area (Å²) in [4.78, 5) is 35.6. The summed E-state index contributed by atoms with van der Waals surface area (Å²) < 4.78 is 19.6. The number of anilines is 1. The Hall–Kier alpha value is -3.95. The van der Waals surface area contributed by atoms with Crippen molar-refractivity contribution in [3.05, 3.63) is 76.9 Å². The minimum absolute atomic E-state index is 0.0195. The summed E-state index contributed by atoms with van der Waals surface area (Å²) in [6, 6.07) is 15.8. The van der Waals surface area contributed by atoms with Crippen LogP contribution >= 0.6 is 0 Å². The van der Waals surface area contributed by atoms with Crippen LogP contribution in [0.4, 0.5) is 14.9 Å². The first kappa shape index (κ1) is 27.2. The molecule has 2 amide bonds. The van der Waals surface area contributed by atoms with Crippen molar-refractivity contribution < 1.29 is 18.7 Å². The quantitative estimate of drug-likeness (QED) is 0.457. The van der Waals surface area contributed by atoms with Gasteiger partial charge in [0.1, 0.15) is 5.82 Å². The third-order valence-corrected chi connectivity index (χ3v) is 9.68. The molecule has 3 aliphatic heterocycles. The third-order valence-electron chi connectivity index (χ3n) is 9.68. The Labute approximate surface area is 240 Å². The van der Waals surface area contributed by atoms with Gasteiger partial charge in [-0.3, -0.25) is 4.79 Å². The number of carbonyl (C=O) groups excluding carboxylic acids is 2. The fraction of sp³-hybridized carbons (Fsp3) is 0.500. The average molecular weight is 556 g/mol. The van der Waals surface area contributed by atoms with Gasteiger partial charge in [0.25, 0.3) is 11.4 Å². The average Bonchev–Trinajstić information content (AvgIpc) is 3.58. The Morgan fingerprint density at radius 1 is 1.07 bits per heavy atom. The van der Waals surface area contributed by atoms with Crippen LogP contribution < -0.4 is 4.90 Å². The molecule has 4 aliphatic rings. The molecule has 3 saturated heterocycles. The molecule has 8 nitrogen and oxygen atoms in total. The van der Waals surface area contributed by atoms with E-state index in [2.05, 4.69) is 20.7 Å². The molecule has 6 rings (SSSR count). The minimum Gasteiger partial charge on any atom is -0.439 e. The molecule has 0 aromatic heterocycles. The number of cyclic esters (lactones) is 1. The lowest BCUT2D eigenvalue weighted by molar-refractivity contribution is -0.128. The molecular weight excluding hydrogens is 521 g/mol. The first-order chi connectivity index (χ1) is 19.9. The number of piperidine rings is 1. The number of rotatable bonds is 7. The summed E-state index contributed by atoms with van der Waals surface area (Å²) in [5.74, 6) is -0.469. The van der Waals surface area contributed by atoms with Gasteiger partial charge in [-0.25, -0.2) is 20.7 Å². The number of amides is 2. The second-order valence-electron chi connectivity index (χ2n) is 11.9. The summed E-state index contributed by atoms with van der Waals surface area (Å²) >= 11 is 0. The van der Waals surface area contributed by atoms with Crippen LogP contribution in [0.25, 0.3) is 4.85 Å². The molecule has 2 aromatic carbocycles. The predicted molar refractivity (Wildman–Crippen MR) is 150 cm³/mol. The maximum Gasteiger partial charge on any atom is 0.417 e. The molecule has 3 atom stereocenters. The molecular formula is C32H34FN5O3. The van der Waals surface area contributed by atoms with E-state index in [1.807, 2.05) is 30.3 Å². The molecule has 0 unspecified atom stereocenters. The molecule has 41 heavy (non-hydrogen) atoms. The molecule has 3 heterocycles. The number of ether oxygens (including phenoxy) is 1. The van der Waals surface area contributed by atoms with Crippen molar-refractivity contribution in [2.45, 2.75) is 43.7 Å². The zero-order valence-electron chi connectivity index (χ0n) is 23.0. The van der Waals surface area contributed by atoms with Gasteiger partial charge >= 0.3 is 6.09 Å². The van der Waals surface area contributed by atoms with E-state index in [0.29, 0.717) is 29.9 Å². The van der Waals surface area contributed by atoms with E-state index in [9.17, 15) is 14.0 Å². The Balaban J connectivity index is 1.17. The molecule has 0 bridgehead atoms. The summed E-state index contributed by atoms with van der Waals surface area (Å²) in [6.45, 7) is 13.0. The Kier molecular flexibility index (Phi) is 7.40. The molecule has 0 N–H and O–H groups in total. The number of likely N-dealkylation sites (tertiary alicyclic amines) is 1. The maximum absolute atomic E-state index is 14.6. The minimum atomic E-state index is -1.03. The van der Waals surface area contributed by atoms with Gasteiger partial charge in [-0.2, -0.15) is 5.26 Å². The molecule has 4 fully saturated rings. The van der Waals surface area contributed by atoms with Gasteiger partial charge in [-0.15, -0.1) is 0 Å². The van der Waals surface area contributed by atoms with Gasteiger partial charge in [0.05, 0.1) is 23.6 Å². The second-order valence-corrected chi connectivity index (χ2v) is 11.9. The third kappa shape index (κ3) is 4.93. The monoisotopic (exact) mass is 555 g/mol. The van der Waals surface area contributed by atoms with Crippen LogP contribution in [0.15, 0.2) is 48.5 Å². The molecule has 9 heteroatoms. The van der Waals surface area contributed by atoms with Crippen LogP contribution in [0.1, 0.15) is 43.2 Å². The Morgan fingerprint density at radius 2 is 1.83 bits per heavy atom. The van der Waals surface area contributed by atoms with Crippen molar-refractivity contribution in [2.24, 2.45) is 17.8 Å². The smallest absolute Gasteiger partial charge is 0.417 e. The van der Waals surface area contributed by atoms with Crippen molar-refractivity contribution >= 4 is 17.7 Å². The zero-order chi connectivity index (χ0) is 28.6. The lowest BCUT2D eigenvalue weighted by Gasteiger charge is -2.46. The SMILES string of the molecule is [C-]#[N+][C@@](c1cccc(F)c1)(C1CCN(CC2CN(c3ccc(C#N)cc3)C2)CC1)[C@H]1CCC[C@@H]1N1C(=O)COC1=O. The molecule has 2 aromatic rings. The van der Waals surface area contributed by atoms with Crippen LogP contribution in [0.2, 0.25) is 0 Å². The highest BCUT2D eigenvalue weighted by Gasteiger charge is 2.60. The number of nitrogens with zero attached hydrogens (tertiary/aromatic N) is 5. The van der Waals surface area contributed by atoms with E-state index in [0.717, 1.165) is 57.7 Å². The summed E-state index contributed by atoms with van der Waals surface area (Å²) in [7, 11) is 0. The van der Waals surface area contributed by atoms with E-state index in [1.54, 1.807) is 6.07 Å². The summed E-state index contributed by atoms with van der Waals surface area (Å²) in [5, 5.41) is 9.03. The van der Waals surface area contributed by atoms with E-state index in [1.165, 1.54) is 17.0 Å². The molecule has 1 aliphatic carbocycles. The summed E-state index contributed by atoms with van der Waals surface area (Å²) in [5.41, 5.74) is 1.43. The van der Waals surface area contributed by atoms with Crippen LogP contribution in [0.3, 0.4) is 0 Å². The van der Waals surface area contributed by atoms with Crippen molar-refractivity contribution in [1.82, 2.24) is 9.80 Å². The van der Waals surface area contributed by atoms with Gasteiger partial charge < -0.3 is 19.4 Å². The van der Waals surface area contributed by atoms with E-state index in [-0.39, 0.29) is 30.2 Å². The normalized spacial score (nSPS) is 25.3. The predicted octanol–water partition coefficient (Wildman–Crippen LogP) is 4.81. The first-order valence-corrected chi connectivity index (χ1v) is 14.5. The number of imide groups is 1. The second kappa shape index (κ2) is 11.1. The van der Waals surface area contributed by atoms with E-state index in [4.69, 9.17) is 16.6 Å². The number of benzene rings is 2. The lowest BCUT2D eigenvalue weighted by Crippen LogP contribution is -2.55. The van der Waals surface area contributed by atoms with Gasteiger partial charge in [-0.1, -0.05) is 18.6 Å². The lowest BCUT2D eigenvalue weighted by atomic mass is 9.64. The Morgan fingerprint density at radius 3 is 2.46 bits per heavy atom. The van der Waals surface area contributed by atoms with Crippen molar-refractivity contribution in [3.8, 4) is 6.07 Å². The fourth-order valence-electron chi connectivity index (χ4n) is 7.74. The molecule has 0 radical (unpaired) electrons. The number of nitriles is 1. The zero-order valence-corrected chi connectivity index (χ0v) is 23.0. The maximum atomic E-state index is 14.6. The Bertz CT molecular complexity index is 1370. The van der Waals surface area contributed by atoms with Crippen molar-refractivity contribution in [1.29, 1.82) is 5.26 Å². The van der Waals surface area contributed by atoms with Crippen LogP contribution in [-0.2, 0) is 15.1 Å². The molecule has 1 saturated carbocycles. The standard InChI is InChI=1S/C32H34FN5O3/c1-35-32(25-4-2-5-26(33)16-25,28-6-3-7-29(28)38-30(39)21-41-31(38)40)24-12-14-36(15-13-24)18-23-19-37(20-23)27-10-8-22(17-34)9-11-27/h2,4-5,8-11,16,23-24,28-29H,3,6-7,12-15,18-21H2/t28-,29-,32+/m0/s1. The highest BCUT2D eigenvalue weighted by Crippen LogP contribution is 2.53. The highest BCUT2D eigenvalue weighted by molar-refractivity contribution is 5.98. The molecule has 0 spiro atoms. The van der Waals surface area contributed by atoms with Crippen LogP contribution in [0.5, 0.6) is 0 Å². The molecule has 212 valence electrons. The summed E-state index contributed by atoms with van der Waals surface area (Å²) in [6.07, 6.45) is 3.10. The topological polar surface area (TPSA) is 81.2 Å². The first-order valence-electron chi connectivity index (χ1n) is 14.5. The van der Waals surface area contributed by atoms with E-state index < -0.39 is 17.7 Å². The number of hydrogen-bond donors (Lipinski definition) is 0.